The number of carbonyl (C=O) groups excluding carboxylic acids is 1. The van der Waals surface area contributed by atoms with Gasteiger partial charge < -0.3 is 15.3 Å². The molecule has 112 valence electrons. The SMILES string of the molecule is O=C(O)Cc1ccccc1NC(=O)N1CC2CCCC2C1. The predicted molar refractivity (Wildman–Crippen MR) is 79.2 cm³/mol. The Labute approximate surface area is 123 Å². The zero-order valence-electron chi connectivity index (χ0n) is 11.9. The quantitative estimate of drug-likeness (QED) is 0.898. The lowest BCUT2D eigenvalue weighted by Crippen LogP contribution is -2.34. The average Bonchev–Trinajstić information content (AvgIpc) is 3.01. The summed E-state index contributed by atoms with van der Waals surface area (Å²) in [4.78, 5) is 25.1. The van der Waals surface area contributed by atoms with Crippen LogP contribution in [0.3, 0.4) is 0 Å². The second-order valence-corrected chi connectivity index (χ2v) is 6.01. The molecule has 1 aliphatic heterocycles. The number of hydrogen-bond acceptors (Lipinski definition) is 2. The van der Waals surface area contributed by atoms with Crippen molar-refractivity contribution in [1.29, 1.82) is 0 Å². The molecule has 5 nitrogen and oxygen atoms in total. The minimum Gasteiger partial charge on any atom is -0.481 e. The van der Waals surface area contributed by atoms with Crippen LogP contribution in [-0.4, -0.2) is 35.1 Å². The Morgan fingerprint density at radius 1 is 1.19 bits per heavy atom. The number of nitrogens with one attached hydrogen (secondary N) is 1. The Morgan fingerprint density at radius 2 is 1.86 bits per heavy atom. The molecule has 1 aliphatic carbocycles. The molecule has 0 radical (unpaired) electrons. The van der Waals surface area contributed by atoms with Gasteiger partial charge in [0.05, 0.1) is 6.42 Å². The van der Waals surface area contributed by atoms with Crippen LogP contribution in [0.4, 0.5) is 10.5 Å². The third kappa shape index (κ3) is 3.01. The van der Waals surface area contributed by atoms with Gasteiger partial charge in [0.1, 0.15) is 0 Å². The molecule has 0 spiro atoms. The fourth-order valence-electron chi connectivity index (χ4n) is 3.55. The van der Waals surface area contributed by atoms with Crippen molar-refractivity contribution in [3.05, 3.63) is 29.8 Å². The Balaban J connectivity index is 1.66. The van der Waals surface area contributed by atoms with E-state index in [1.807, 2.05) is 4.90 Å². The zero-order valence-corrected chi connectivity index (χ0v) is 11.9. The summed E-state index contributed by atoms with van der Waals surface area (Å²) in [6, 6.07) is 6.98. The average molecular weight is 288 g/mol. The van der Waals surface area contributed by atoms with Crippen molar-refractivity contribution in [2.75, 3.05) is 18.4 Å². The molecule has 0 aromatic heterocycles. The molecular weight excluding hydrogens is 268 g/mol. The predicted octanol–water partition coefficient (Wildman–Crippen LogP) is 2.58. The Hall–Kier alpha value is -2.04. The molecule has 2 aliphatic rings. The molecule has 1 aromatic carbocycles. The number of amides is 2. The molecule has 5 heteroatoms. The van der Waals surface area contributed by atoms with Crippen LogP contribution in [0, 0.1) is 11.8 Å². The van der Waals surface area contributed by atoms with Crippen molar-refractivity contribution in [3.8, 4) is 0 Å². The van der Waals surface area contributed by atoms with Crippen LogP contribution in [0.25, 0.3) is 0 Å². The standard InChI is InChI=1S/C16H20N2O3/c19-15(20)8-11-4-1-2-7-14(11)17-16(21)18-9-12-5-3-6-13(12)10-18/h1-2,4,7,12-13H,3,5-6,8-10H2,(H,17,21)(H,19,20). The highest BCUT2D eigenvalue weighted by Crippen LogP contribution is 2.37. The van der Waals surface area contributed by atoms with Gasteiger partial charge in [-0.15, -0.1) is 0 Å². The van der Waals surface area contributed by atoms with E-state index in [2.05, 4.69) is 5.32 Å². The molecule has 3 rings (SSSR count). The molecule has 1 aromatic rings. The summed E-state index contributed by atoms with van der Waals surface area (Å²) < 4.78 is 0. The van der Waals surface area contributed by atoms with E-state index in [-0.39, 0.29) is 12.5 Å². The first-order valence-electron chi connectivity index (χ1n) is 7.49. The van der Waals surface area contributed by atoms with Crippen LogP contribution in [0.15, 0.2) is 24.3 Å². The van der Waals surface area contributed by atoms with Crippen molar-refractivity contribution in [1.82, 2.24) is 4.90 Å². The number of nitrogens with zero attached hydrogens (tertiary/aromatic N) is 1. The first-order chi connectivity index (χ1) is 10.1. The maximum Gasteiger partial charge on any atom is 0.321 e. The molecule has 2 fully saturated rings. The second-order valence-electron chi connectivity index (χ2n) is 6.01. The maximum absolute atomic E-state index is 12.4. The number of rotatable bonds is 3. The summed E-state index contributed by atoms with van der Waals surface area (Å²) in [5, 5.41) is 11.8. The van der Waals surface area contributed by atoms with Crippen molar-refractivity contribution in [2.24, 2.45) is 11.8 Å². The number of hydrogen-bond donors (Lipinski definition) is 2. The molecular formula is C16H20N2O3. The first-order valence-corrected chi connectivity index (χ1v) is 7.49. The number of benzene rings is 1. The fraction of sp³-hybridized carbons (Fsp3) is 0.500. The first kappa shape index (κ1) is 13.9. The Morgan fingerprint density at radius 3 is 2.52 bits per heavy atom. The fourth-order valence-corrected chi connectivity index (χ4v) is 3.55. The van der Waals surface area contributed by atoms with E-state index in [0.717, 1.165) is 13.1 Å². The van der Waals surface area contributed by atoms with Gasteiger partial charge in [-0.05, 0) is 36.3 Å². The summed E-state index contributed by atoms with van der Waals surface area (Å²) in [5.41, 5.74) is 1.24. The number of aliphatic carboxylic acids is 1. The molecule has 2 unspecified atom stereocenters. The van der Waals surface area contributed by atoms with E-state index < -0.39 is 5.97 Å². The van der Waals surface area contributed by atoms with Gasteiger partial charge in [0, 0.05) is 18.8 Å². The monoisotopic (exact) mass is 288 g/mol. The van der Waals surface area contributed by atoms with E-state index >= 15 is 0 Å². The minimum absolute atomic E-state index is 0.0816. The second kappa shape index (κ2) is 5.76. The van der Waals surface area contributed by atoms with Crippen molar-refractivity contribution < 1.29 is 14.7 Å². The number of likely N-dealkylation sites (tertiary alicyclic amines) is 1. The van der Waals surface area contributed by atoms with Crippen molar-refractivity contribution >= 4 is 17.7 Å². The van der Waals surface area contributed by atoms with Gasteiger partial charge in [-0.2, -0.15) is 0 Å². The normalized spacial score (nSPS) is 23.9. The molecule has 2 N–H and O–H groups in total. The third-order valence-electron chi connectivity index (χ3n) is 4.61. The summed E-state index contributed by atoms with van der Waals surface area (Å²) in [7, 11) is 0. The van der Waals surface area contributed by atoms with Crippen molar-refractivity contribution in [3.63, 3.8) is 0 Å². The van der Waals surface area contributed by atoms with Crippen LogP contribution < -0.4 is 5.32 Å². The highest BCUT2D eigenvalue weighted by Gasteiger charge is 2.38. The molecule has 21 heavy (non-hydrogen) atoms. The summed E-state index contributed by atoms with van der Waals surface area (Å²) in [5.74, 6) is 0.419. The van der Waals surface area contributed by atoms with Gasteiger partial charge in [-0.1, -0.05) is 24.6 Å². The highest BCUT2D eigenvalue weighted by atomic mass is 16.4. The lowest BCUT2D eigenvalue weighted by atomic mass is 10.0. The number of carboxylic acids is 1. The molecule has 2 amide bonds. The smallest absolute Gasteiger partial charge is 0.321 e. The number of para-hydroxylation sites is 1. The van der Waals surface area contributed by atoms with Crippen LogP contribution in [0.1, 0.15) is 24.8 Å². The van der Waals surface area contributed by atoms with E-state index in [4.69, 9.17) is 5.11 Å². The topological polar surface area (TPSA) is 69.6 Å². The van der Waals surface area contributed by atoms with E-state index in [9.17, 15) is 9.59 Å². The maximum atomic E-state index is 12.4. The number of fused-ring (bicyclic) bond motifs is 1. The number of urea groups is 1. The zero-order chi connectivity index (χ0) is 14.8. The minimum atomic E-state index is -0.896. The van der Waals surface area contributed by atoms with Crippen LogP contribution in [0.2, 0.25) is 0 Å². The highest BCUT2D eigenvalue weighted by molar-refractivity contribution is 5.91. The van der Waals surface area contributed by atoms with E-state index in [1.165, 1.54) is 19.3 Å². The molecule has 1 saturated carbocycles. The van der Waals surface area contributed by atoms with Gasteiger partial charge >= 0.3 is 12.0 Å². The molecule has 1 heterocycles. The number of anilines is 1. The lowest BCUT2D eigenvalue weighted by molar-refractivity contribution is -0.136. The summed E-state index contributed by atoms with van der Waals surface area (Å²) >= 11 is 0. The molecule has 1 saturated heterocycles. The van der Waals surface area contributed by atoms with E-state index in [1.54, 1.807) is 24.3 Å². The van der Waals surface area contributed by atoms with Gasteiger partial charge in [-0.3, -0.25) is 4.79 Å². The van der Waals surface area contributed by atoms with E-state index in [0.29, 0.717) is 23.1 Å². The summed E-state index contributed by atoms with van der Waals surface area (Å²) in [6.07, 6.45) is 3.65. The van der Waals surface area contributed by atoms with Crippen LogP contribution >= 0.6 is 0 Å². The van der Waals surface area contributed by atoms with Gasteiger partial charge in [0.2, 0.25) is 0 Å². The number of carboxylic acid groups (broad SMARTS) is 1. The largest absolute Gasteiger partial charge is 0.481 e. The van der Waals surface area contributed by atoms with Crippen LogP contribution in [-0.2, 0) is 11.2 Å². The van der Waals surface area contributed by atoms with Crippen molar-refractivity contribution in [2.45, 2.75) is 25.7 Å². The van der Waals surface area contributed by atoms with Gasteiger partial charge in [0.25, 0.3) is 0 Å². The molecule has 0 bridgehead atoms. The van der Waals surface area contributed by atoms with Gasteiger partial charge in [0.15, 0.2) is 0 Å². The van der Waals surface area contributed by atoms with Gasteiger partial charge in [-0.25, -0.2) is 4.79 Å². The number of carbonyl (C=O) groups is 2. The third-order valence-corrected chi connectivity index (χ3v) is 4.61. The Bertz CT molecular complexity index is 546. The lowest BCUT2D eigenvalue weighted by Gasteiger charge is -2.19. The summed E-state index contributed by atoms with van der Waals surface area (Å²) in [6.45, 7) is 1.66. The Kier molecular flexibility index (Phi) is 3.82. The molecule has 2 atom stereocenters. The van der Waals surface area contributed by atoms with Crippen LogP contribution in [0.5, 0.6) is 0 Å².